The van der Waals surface area contributed by atoms with Gasteiger partial charge in [0.25, 0.3) is 5.91 Å². The van der Waals surface area contributed by atoms with Gasteiger partial charge in [0.2, 0.25) is 5.91 Å². The van der Waals surface area contributed by atoms with Crippen molar-refractivity contribution >= 4 is 34.9 Å². The summed E-state index contributed by atoms with van der Waals surface area (Å²) >= 11 is 1.55. The van der Waals surface area contributed by atoms with Gasteiger partial charge in [-0.25, -0.2) is 9.50 Å². The summed E-state index contributed by atoms with van der Waals surface area (Å²) in [6, 6.07) is 6.58. The fourth-order valence-electron chi connectivity index (χ4n) is 6.01. The number of amides is 2. The largest absolute Gasteiger partial charge is 0.434 e. The maximum absolute atomic E-state index is 13.5. The third-order valence-corrected chi connectivity index (χ3v) is 9.40. The lowest BCUT2D eigenvalue weighted by Gasteiger charge is -2.35. The van der Waals surface area contributed by atoms with Crippen LogP contribution in [0.2, 0.25) is 0 Å². The highest BCUT2D eigenvalue weighted by molar-refractivity contribution is 7.99. The van der Waals surface area contributed by atoms with E-state index in [1.165, 1.54) is 21.5 Å². The standard InChI is InChI=1S/C33H41F2N9O4S/c1-23(2)49-24-5-6-28(48-33(34)35)25(19-24)30-27(38-32(46)26-20-37-44-10-3-7-36-31(26)44)21-43(39-30)22-29(45)42-13-11-40(12-14-42)8-4-9-41-15-17-47-18-16-41/h3,5-7,10,19-21,23,33H,4,8-9,11-18,22H2,1-2H3,(H,38,46). The van der Waals surface area contributed by atoms with Crippen LogP contribution < -0.4 is 10.1 Å². The first-order valence-electron chi connectivity index (χ1n) is 16.5. The second-order valence-corrected chi connectivity index (χ2v) is 13.9. The number of fused-ring (bicyclic) bond motifs is 1. The van der Waals surface area contributed by atoms with Gasteiger partial charge in [-0.3, -0.25) is 24.1 Å². The van der Waals surface area contributed by atoms with Crippen LogP contribution in [-0.2, 0) is 16.1 Å². The lowest BCUT2D eigenvalue weighted by molar-refractivity contribution is -0.133. The summed E-state index contributed by atoms with van der Waals surface area (Å²) in [6.07, 6.45) is 7.24. The second kappa shape index (κ2) is 16.1. The number of nitrogens with zero attached hydrogens (tertiary/aromatic N) is 8. The summed E-state index contributed by atoms with van der Waals surface area (Å²) in [5, 5.41) is 11.9. The predicted molar refractivity (Wildman–Crippen MR) is 181 cm³/mol. The molecular weight excluding hydrogens is 656 g/mol. The second-order valence-electron chi connectivity index (χ2n) is 12.2. The summed E-state index contributed by atoms with van der Waals surface area (Å²) in [6.45, 7) is 9.18. The zero-order valence-corrected chi connectivity index (χ0v) is 28.5. The molecule has 2 fully saturated rings. The van der Waals surface area contributed by atoms with Crippen LogP contribution in [0.4, 0.5) is 14.5 Å². The first-order chi connectivity index (χ1) is 23.7. The van der Waals surface area contributed by atoms with Gasteiger partial charge in [0.15, 0.2) is 5.65 Å². The Balaban J connectivity index is 1.20. The van der Waals surface area contributed by atoms with Crippen molar-refractivity contribution in [1.82, 2.24) is 39.1 Å². The highest BCUT2D eigenvalue weighted by Gasteiger charge is 2.25. The number of anilines is 1. The molecule has 3 aromatic heterocycles. The van der Waals surface area contributed by atoms with Crippen LogP contribution in [0.15, 0.2) is 53.9 Å². The average Bonchev–Trinajstić information content (AvgIpc) is 3.70. The molecule has 0 unspecified atom stereocenters. The molecule has 262 valence electrons. The maximum atomic E-state index is 13.5. The minimum Gasteiger partial charge on any atom is -0.434 e. The molecule has 16 heteroatoms. The summed E-state index contributed by atoms with van der Waals surface area (Å²) in [7, 11) is 0. The van der Waals surface area contributed by atoms with E-state index >= 15 is 0 Å². The van der Waals surface area contributed by atoms with Crippen LogP contribution in [-0.4, -0.2) is 128 Å². The molecule has 5 heterocycles. The van der Waals surface area contributed by atoms with Crippen molar-refractivity contribution in [2.45, 2.75) is 43.6 Å². The number of benzene rings is 1. The molecule has 0 spiro atoms. The number of ether oxygens (including phenoxy) is 2. The van der Waals surface area contributed by atoms with E-state index < -0.39 is 12.5 Å². The number of hydrogen-bond donors (Lipinski definition) is 1. The molecule has 4 aromatic rings. The lowest BCUT2D eigenvalue weighted by Crippen LogP contribution is -2.50. The topological polar surface area (TPSA) is 122 Å². The van der Waals surface area contributed by atoms with Gasteiger partial charge in [0, 0.05) is 73.6 Å². The van der Waals surface area contributed by atoms with Crippen molar-refractivity contribution in [3.8, 4) is 17.0 Å². The van der Waals surface area contributed by atoms with Crippen LogP contribution in [0, 0.1) is 0 Å². The van der Waals surface area contributed by atoms with Gasteiger partial charge in [-0.1, -0.05) is 13.8 Å². The Morgan fingerprint density at radius 2 is 1.82 bits per heavy atom. The van der Waals surface area contributed by atoms with Gasteiger partial charge in [0.1, 0.15) is 23.6 Å². The van der Waals surface area contributed by atoms with Gasteiger partial charge in [0.05, 0.1) is 25.1 Å². The molecule has 0 atom stereocenters. The Hall–Kier alpha value is -4.12. The van der Waals surface area contributed by atoms with Crippen molar-refractivity contribution in [1.29, 1.82) is 0 Å². The van der Waals surface area contributed by atoms with Gasteiger partial charge < -0.3 is 19.7 Å². The normalized spacial score (nSPS) is 16.2. The van der Waals surface area contributed by atoms with Crippen molar-refractivity contribution < 1.29 is 27.8 Å². The van der Waals surface area contributed by atoms with E-state index in [1.807, 2.05) is 18.7 Å². The Bertz CT molecular complexity index is 1740. The summed E-state index contributed by atoms with van der Waals surface area (Å²) in [4.78, 5) is 38.7. The number of halogens is 2. The Labute approximate surface area is 287 Å². The molecule has 13 nitrogen and oxygen atoms in total. The monoisotopic (exact) mass is 697 g/mol. The Morgan fingerprint density at radius 3 is 2.55 bits per heavy atom. The van der Waals surface area contributed by atoms with Gasteiger partial charge >= 0.3 is 6.61 Å². The zero-order valence-electron chi connectivity index (χ0n) is 27.6. The zero-order chi connectivity index (χ0) is 34.3. The van der Waals surface area contributed by atoms with E-state index in [4.69, 9.17) is 9.47 Å². The van der Waals surface area contributed by atoms with Crippen LogP contribution >= 0.6 is 11.8 Å². The van der Waals surface area contributed by atoms with E-state index in [9.17, 15) is 18.4 Å². The molecule has 2 aliphatic rings. The van der Waals surface area contributed by atoms with E-state index in [0.29, 0.717) is 18.7 Å². The third-order valence-electron chi connectivity index (χ3n) is 8.40. The number of piperazine rings is 1. The lowest BCUT2D eigenvalue weighted by atomic mass is 10.1. The first kappa shape index (κ1) is 34.7. The van der Waals surface area contributed by atoms with E-state index in [2.05, 4.69) is 30.3 Å². The third kappa shape index (κ3) is 8.92. The number of hydrogen-bond acceptors (Lipinski definition) is 10. The first-order valence-corrected chi connectivity index (χ1v) is 17.3. The molecule has 0 saturated carbocycles. The minimum absolute atomic E-state index is 0.0936. The number of nitrogens with one attached hydrogen (secondary N) is 1. The van der Waals surface area contributed by atoms with Gasteiger partial charge in [-0.05, 0) is 43.8 Å². The van der Waals surface area contributed by atoms with Crippen molar-refractivity contribution in [2.75, 3.05) is 70.9 Å². The number of rotatable bonds is 13. The molecule has 1 N–H and O–H groups in total. The summed E-state index contributed by atoms with van der Waals surface area (Å²) < 4.78 is 40.3. The molecular formula is C33H41F2N9O4S. The molecule has 1 aromatic carbocycles. The van der Waals surface area contributed by atoms with E-state index in [-0.39, 0.29) is 46.0 Å². The molecule has 0 radical (unpaired) electrons. The Kier molecular flexibility index (Phi) is 11.4. The molecule has 0 bridgehead atoms. The van der Waals surface area contributed by atoms with Crippen molar-refractivity contribution in [2.24, 2.45) is 0 Å². The van der Waals surface area contributed by atoms with Crippen LogP contribution in [0.5, 0.6) is 5.75 Å². The van der Waals surface area contributed by atoms with Crippen LogP contribution in [0.3, 0.4) is 0 Å². The number of carbonyl (C=O) groups excluding carboxylic acids is 2. The van der Waals surface area contributed by atoms with Crippen LogP contribution in [0.1, 0.15) is 30.6 Å². The summed E-state index contributed by atoms with van der Waals surface area (Å²) in [5.41, 5.74) is 1.24. The summed E-state index contributed by atoms with van der Waals surface area (Å²) in [5.74, 6) is -0.743. The quantitative estimate of drug-likeness (QED) is 0.207. The highest BCUT2D eigenvalue weighted by Crippen LogP contribution is 2.39. The molecule has 2 saturated heterocycles. The molecule has 2 amide bonds. The predicted octanol–water partition coefficient (Wildman–Crippen LogP) is 3.81. The molecule has 6 rings (SSSR count). The highest BCUT2D eigenvalue weighted by atomic mass is 32.2. The fraction of sp³-hybridized carbons (Fsp3) is 0.485. The number of aromatic nitrogens is 5. The van der Waals surface area contributed by atoms with E-state index in [0.717, 1.165) is 63.8 Å². The maximum Gasteiger partial charge on any atom is 0.387 e. The van der Waals surface area contributed by atoms with Crippen LogP contribution in [0.25, 0.3) is 16.9 Å². The minimum atomic E-state index is -3.08. The average molecular weight is 698 g/mol. The molecule has 0 aliphatic carbocycles. The van der Waals surface area contributed by atoms with Gasteiger partial charge in [-0.15, -0.1) is 11.8 Å². The number of morpholine rings is 1. The SMILES string of the molecule is CC(C)Sc1ccc(OC(F)F)c(-c2nn(CC(=O)N3CCN(CCCN4CCOCC4)CC3)cc2NC(=O)c2cnn3cccnc23)c1. The molecule has 2 aliphatic heterocycles. The smallest absolute Gasteiger partial charge is 0.387 e. The van der Waals surface area contributed by atoms with Gasteiger partial charge in [-0.2, -0.15) is 19.0 Å². The molecule has 49 heavy (non-hydrogen) atoms. The van der Waals surface area contributed by atoms with E-state index in [1.54, 1.807) is 48.6 Å². The van der Waals surface area contributed by atoms with Crippen molar-refractivity contribution in [3.63, 3.8) is 0 Å². The number of carbonyl (C=O) groups is 2. The number of thioether (sulfide) groups is 1. The van der Waals surface area contributed by atoms with Crippen molar-refractivity contribution in [3.05, 3.63) is 54.6 Å². The fourth-order valence-corrected chi connectivity index (χ4v) is 6.89. The number of alkyl halides is 2. The Morgan fingerprint density at radius 1 is 1.06 bits per heavy atom.